The van der Waals surface area contributed by atoms with E-state index in [1.54, 1.807) is 0 Å². The van der Waals surface area contributed by atoms with Crippen LogP contribution < -0.4 is 4.74 Å². The van der Waals surface area contributed by atoms with E-state index in [4.69, 9.17) is 9.47 Å². The smallest absolute Gasteiger partial charge is 0.309 e. The molecule has 0 saturated heterocycles. The Morgan fingerprint density at radius 3 is 2.50 bits per heavy atom. The van der Waals surface area contributed by atoms with Crippen LogP contribution in [0.5, 0.6) is 5.75 Å². The van der Waals surface area contributed by atoms with Gasteiger partial charge in [-0.05, 0) is 31.9 Å². The normalized spacial score (nSPS) is 13.6. The van der Waals surface area contributed by atoms with Crippen molar-refractivity contribution in [1.29, 1.82) is 0 Å². The highest BCUT2D eigenvalue weighted by Crippen LogP contribution is 2.16. The third-order valence-corrected chi connectivity index (χ3v) is 3.28. The van der Waals surface area contributed by atoms with Gasteiger partial charge in [0, 0.05) is 0 Å². The lowest BCUT2D eigenvalue weighted by atomic mass is 10.00. The highest BCUT2D eigenvalue weighted by atomic mass is 16.6. The standard InChI is InChI=1S/C17H26O3/c1-4-6-10-15(5-2)17(18)20-14(3)13-19-16-11-8-7-9-12-16/h7-9,11-12,14-15H,4-6,10,13H2,1-3H3. The molecule has 0 aliphatic heterocycles. The van der Waals surface area contributed by atoms with Crippen LogP contribution in [-0.4, -0.2) is 18.7 Å². The molecule has 0 aliphatic rings. The molecule has 0 fully saturated rings. The fourth-order valence-corrected chi connectivity index (χ4v) is 2.00. The summed E-state index contributed by atoms with van der Waals surface area (Å²) in [6.45, 7) is 6.43. The molecule has 0 heterocycles. The van der Waals surface area contributed by atoms with Crippen LogP contribution in [0.4, 0.5) is 0 Å². The highest BCUT2D eigenvalue weighted by Gasteiger charge is 2.19. The van der Waals surface area contributed by atoms with Gasteiger partial charge in [0.05, 0.1) is 5.92 Å². The van der Waals surface area contributed by atoms with Gasteiger partial charge in [0.25, 0.3) is 0 Å². The zero-order chi connectivity index (χ0) is 14.8. The van der Waals surface area contributed by atoms with Gasteiger partial charge in [-0.15, -0.1) is 0 Å². The molecular formula is C17H26O3. The summed E-state index contributed by atoms with van der Waals surface area (Å²) < 4.78 is 11.0. The first-order valence-electron chi connectivity index (χ1n) is 7.55. The molecule has 0 saturated carbocycles. The van der Waals surface area contributed by atoms with Gasteiger partial charge in [-0.25, -0.2) is 0 Å². The summed E-state index contributed by atoms with van der Waals surface area (Å²) in [5.41, 5.74) is 0. The molecule has 0 bridgehead atoms. The molecule has 0 aromatic heterocycles. The number of esters is 1. The zero-order valence-corrected chi connectivity index (χ0v) is 12.8. The third-order valence-electron chi connectivity index (χ3n) is 3.28. The minimum absolute atomic E-state index is 0.0223. The van der Waals surface area contributed by atoms with Crippen LogP contribution in [0.2, 0.25) is 0 Å². The molecule has 112 valence electrons. The number of carbonyl (C=O) groups excluding carboxylic acids is 1. The molecule has 0 spiro atoms. The highest BCUT2D eigenvalue weighted by molar-refractivity contribution is 5.72. The van der Waals surface area contributed by atoms with Crippen LogP contribution in [0.3, 0.4) is 0 Å². The minimum atomic E-state index is -0.224. The van der Waals surface area contributed by atoms with Gasteiger partial charge in [-0.2, -0.15) is 0 Å². The lowest BCUT2D eigenvalue weighted by molar-refractivity contribution is -0.155. The van der Waals surface area contributed by atoms with Crippen molar-refractivity contribution in [2.24, 2.45) is 5.92 Å². The van der Waals surface area contributed by atoms with Crippen molar-refractivity contribution < 1.29 is 14.3 Å². The zero-order valence-electron chi connectivity index (χ0n) is 12.8. The van der Waals surface area contributed by atoms with Crippen molar-refractivity contribution in [2.45, 2.75) is 52.6 Å². The Balaban J connectivity index is 2.33. The minimum Gasteiger partial charge on any atom is -0.490 e. The lowest BCUT2D eigenvalue weighted by Gasteiger charge is -2.18. The van der Waals surface area contributed by atoms with E-state index in [1.807, 2.05) is 44.2 Å². The van der Waals surface area contributed by atoms with Gasteiger partial charge in [-0.1, -0.05) is 44.9 Å². The second kappa shape index (κ2) is 9.40. The Morgan fingerprint density at radius 1 is 1.20 bits per heavy atom. The summed E-state index contributed by atoms with van der Waals surface area (Å²) in [5.74, 6) is 0.729. The first-order chi connectivity index (χ1) is 9.67. The Labute approximate surface area is 122 Å². The molecular weight excluding hydrogens is 252 g/mol. The predicted octanol–water partition coefficient (Wildman–Crippen LogP) is 4.21. The second-order valence-electron chi connectivity index (χ2n) is 5.12. The number of carbonyl (C=O) groups is 1. The van der Waals surface area contributed by atoms with Gasteiger partial charge < -0.3 is 9.47 Å². The van der Waals surface area contributed by atoms with Gasteiger partial charge in [0.1, 0.15) is 18.5 Å². The first-order valence-corrected chi connectivity index (χ1v) is 7.55. The van der Waals surface area contributed by atoms with Crippen LogP contribution in [0, 0.1) is 5.92 Å². The second-order valence-corrected chi connectivity index (χ2v) is 5.12. The topological polar surface area (TPSA) is 35.5 Å². The van der Waals surface area contributed by atoms with Crippen LogP contribution in [-0.2, 0) is 9.53 Å². The van der Waals surface area contributed by atoms with Crippen LogP contribution in [0.15, 0.2) is 30.3 Å². The van der Waals surface area contributed by atoms with E-state index in [0.29, 0.717) is 6.61 Å². The van der Waals surface area contributed by atoms with E-state index in [1.165, 1.54) is 0 Å². The van der Waals surface area contributed by atoms with Gasteiger partial charge in [-0.3, -0.25) is 4.79 Å². The maximum absolute atomic E-state index is 12.0. The largest absolute Gasteiger partial charge is 0.490 e. The molecule has 0 N–H and O–H groups in total. The Morgan fingerprint density at radius 2 is 1.90 bits per heavy atom. The molecule has 1 aromatic carbocycles. The number of ether oxygens (including phenoxy) is 2. The van der Waals surface area contributed by atoms with Crippen LogP contribution in [0.1, 0.15) is 46.5 Å². The molecule has 2 unspecified atom stereocenters. The maximum atomic E-state index is 12.0. The number of rotatable bonds is 9. The summed E-state index contributed by atoms with van der Waals surface area (Å²) in [4.78, 5) is 12.0. The monoisotopic (exact) mass is 278 g/mol. The van der Waals surface area contributed by atoms with Gasteiger partial charge in [0.15, 0.2) is 0 Å². The van der Waals surface area contributed by atoms with Crippen molar-refractivity contribution in [3.05, 3.63) is 30.3 Å². The molecule has 3 heteroatoms. The molecule has 0 aliphatic carbocycles. The van der Waals surface area contributed by atoms with Crippen LogP contribution >= 0.6 is 0 Å². The fourth-order valence-electron chi connectivity index (χ4n) is 2.00. The molecule has 0 radical (unpaired) electrons. The maximum Gasteiger partial charge on any atom is 0.309 e. The van der Waals surface area contributed by atoms with Crippen molar-refractivity contribution in [1.82, 2.24) is 0 Å². The molecule has 2 atom stereocenters. The third kappa shape index (κ3) is 6.09. The molecule has 1 rings (SSSR count). The van der Waals surface area contributed by atoms with E-state index in [0.717, 1.165) is 31.4 Å². The summed E-state index contributed by atoms with van der Waals surface area (Å²) in [7, 11) is 0. The van der Waals surface area contributed by atoms with Crippen molar-refractivity contribution in [3.63, 3.8) is 0 Å². The SMILES string of the molecule is CCCCC(CC)C(=O)OC(C)COc1ccccc1. The summed E-state index contributed by atoms with van der Waals surface area (Å²) in [5, 5.41) is 0. The quantitative estimate of drug-likeness (QED) is 0.635. The van der Waals surface area contributed by atoms with Gasteiger partial charge >= 0.3 is 5.97 Å². The Kier molecular flexibility index (Phi) is 7.78. The Bertz CT molecular complexity index is 375. The van der Waals surface area contributed by atoms with E-state index in [9.17, 15) is 4.79 Å². The Hall–Kier alpha value is -1.51. The predicted molar refractivity (Wildman–Crippen MR) is 80.8 cm³/mol. The molecule has 0 amide bonds. The van der Waals surface area contributed by atoms with E-state index in [-0.39, 0.29) is 18.0 Å². The summed E-state index contributed by atoms with van der Waals surface area (Å²) in [6.07, 6.45) is 3.71. The lowest BCUT2D eigenvalue weighted by Crippen LogP contribution is -2.26. The van der Waals surface area contributed by atoms with Crippen molar-refractivity contribution >= 4 is 5.97 Å². The van der Waals surface area contributed by atoms with E-state index < -0.39 is 0 Å². The van der Waals surface area contributed by atoms with E-state index in [2.05, 4.69) is 6.92 Å². The number of benzene rings is 1. The van der Waals surface area contributed by atoms with Crippen molar-refractivity contribution in [2.75, 3.05) is 6.61 Å². The van der Waals surface area contributed by atoms with Gasteiger partial charge in [0.2, 0.25) is 0 Å². The number of para-hydroxylation sites is 1. The molecule has 20 heavy (non-hydrogen) atoms. The van der Waals surface area contributed by atoms with E-state index >= 15 is 0 Å². The number of unbranched alkanes of at least 4 members (excludes halogenated alkanes) is 1. The summed E-state index contributed by atoms with van der Waals surface area (Å²) in [6, 6.07) is 9.57. The molecule has 1 aromatic rings. The number of hydrogen-bond donors (Lipinski definition) is 0. The first kappa shape index (κ1) is 16.5. The van der Waals surface area contributed by atoms with Crippen LogP contribution in [0.25, 0.3) is 0 Å². The number of hydrogen-bond acceptors (Lipinski definition) is 3. The average molecular weight is 278 g/mol. The van der Waals surface area contributed by atoms with Crippen molar-refractivity contribution in [3.8, 4) is 5.75 Å². The average Bonchev–Trinajstić information content (AvgIpc) is 2.47. The summed E-state index contributed by atoms with van der Waals surface area (Å²) >= 11 is 0. The fraction of sp³-hybridized carbons (Fsp3) is 0.588. The molecule has 3 nitrogen and oxygen atoms in total.